The lowest BCUT2D eigenvalue weighted by molar-refractivity contribution is 0.0891. The summed E-state index contributed by atoms with van der Waals surface area (Å²) in [6.45, 7) is 7.08. The van der Waals surface area contributed by atoms with Gasteiger partial charge in [0.1, 0.15) is 5.82 Å². The topological polar surface area (TPSA) is 59.3 Å². The molecule has 0 N–H and O–H groups in total. The Labute approximate surface area is 165 Å². The Balaban J connectivity index is 1.44. The number of para-hydroxylation sites is 1. The number of anilines is 1. The van der Waals surface area contributed by atoms with Gasteiger partial charge in [0, 0.05) is 32.8 Å². The van der Waals surface area contributed by atoms with Crippen LogP contribution in [-0.4, -0.2) is 64.0 Å². The summed E-state index contributed by atoms with van der Waals surface area (Å²) in [5, 5.41) is 12.6. The minimum atomic E-state index is -0.151. The smallest absolute Gasteiger partial charge is 0.168 e. The first-order valence-electron chi connectivity index (χ1n) is 10.4. The van der Waals surface area contributed by atoms with E-state index >= 15 is 0 Å². The number of hydrogen-bond acceptors (Lipinski definition) is 6. The molecule has 1 aromatic heterocycles. The first-order valence-corrected chi connectivity index (χ1v) is 10.4. The molecule has 8 heteroatoms. The maximum Gasteiger partial charge on any atom is 0.168 e. The van der Waals surface area contributed by atoms with Gasteiger partial charge in [-0.25, -0.2) is 9.07 Å². The van der Waals surface area contributed by atoms with E-state index in [0.29, 0.717) is 5.69 Å². The van der Waals surface area contributed by atoms with E-state index < -0.39 is 0 Å². The number of ether oxygens (including phenoxy) is 1. The lowest BCUT2D eigenvalue weighted by atomic mass is 10.1. The molecular formula is C20H29FN6O. The first-order chi connectivity index (χ1) is 13.8. The highest BCUT2D eigenvalue weighted by molar-refractivity contribution is 5.48. The molecule has 0 bridgehead atoms. The van der Waals surface area contributed by atoms with Crippen LogP contribution in [0.1, 0.15) is 44.5 Å². The third-order valence-electron chi connectivity index (χ3n) is 5.77. The van der Waals surface area contributed by atoms with Crippen molar-refractivity contribution in [3.63, 3.8) is 0 Å². The third-order valence-corrected chi connectivity index (χ3v) is 5.77. The van der Waals surface area contributed by atoms with Crippen molar-refractivity contribution in [2.24, 2.45) is 0 Å². The lowest BCUT2D eigenvalue weighted by Crippen LogP contribution is -2.48. The summed E-state index contributed by atoms with van der Waals surface area (Å²) in [6, 6.07) is 7.20. The summed E-state index contributed by atoms with van der Waals surface area (Å²) in [5.74, 6) is 0.776. The van der Waals surface area contributed by atoms with Crippen LogP contribution in [0, 0.1) is 5.82 Å². The van der Waals surface area contributed by atoms with E-state index in [1.165, 1.54) is 6.07 Å². The molecule has 2 atom stereocenters. The van der Waals surface area contributed by atoms with Gasteiger partial charge in [-0.3, -0.25) is 4.90 Å². The maximum atomic E-state index is 14.1. The number of hydrogen-bond donors (Lipinski definition) is 0. The molecule has 4 rings (SSSR count). The van der Waals surface area contributed by atoms with Gasteiger partial charge in [-0.2, -0.15) is 0 Å². The fraction of sp³-hybridized carbons (Fsp3) is 0.650. The zero-order chi connectivity index (χ0) is 19.3. The van der Waals surface area contributed by atoms with Crippen LogP contribution < -0.4 is 4.90 Å². The van der Waals surface area contributed by atoms with Crippen LogP contribution in [0.5, 0.6) is 0 Å². The van der Waals surface area contributed by atoms with Crippen molar-refractivity contribution in [2.45, 2.75) is 51.3 Å². The highest BCUT2D eigenvalue weighted by Crippen LogP contribution is 2.28. The van der Waals surface area contributed by atoms with E-state index in [0.717, 1.165) is 70.8 Å². The molecule has 0 spiro atoms. The fourth-order valence-electron chi connectivity index (χ4n) is 4.29. The Bertz CT molecular complexity index is 755. The van der Waals surface area contributed by atoms with Gasteiger partial charge < -0.3 is 9.64 Å². The first kappa shape index (κ1) is 19.3. The summed E-state index contributed by atoms with van der Waals surface area (Å²) in [5.41, 5.74) is 0.692. The molecule has 2 aromatic rings. The van der Waals surface area contributed by atoms with Gasteiger partial charge in [0.2, 0.25) is 0 Å². The minimum absolute atomic E-state index is 0.151. The van der Waals surface area contributed by atoms with Crippen LogP contribution >= 0.6 is 0 Å². The number of nitrogens with zero attached hydrogens (tertiary/aromatic N) is 6. The third kappa shape index (κ3) is 4.17. The van der Waals surface area contributed by atoms with Crippen molar-refractivity contribution >= 4 is 5.69 Å². The van der Waals surface area contributed by atoms with Crippen LogP contribution in [0.25, 0.3) is 0 Å². The lowest BCUT2D eigenvalue weighted by Gasteiger charge is -2.39. The van der Waals surface area contributed by atoms with Gasteiger partial charge in [0.05, 0.1) is 24.4 Å². The monoisotopic (exact) mass is 388 g/mol. The molecule has 152 valence electrons. The van der Waals surface area contributed by atoms with Gasteiger partial charge in [-0.15, -0.1) is 5.10 Å². The normalized spacial score (nSPS) is 21.9. The van der Waals surface area contributed by atoms with Crippen LogP contribution in [0.15, 0.2) is 24.3 Å². The number of tetrazole rings is 1. The van der Waals surface area contributed by atoms with Crippen molar-refractivity contribution < 1.29 is 9.13 Å². The van der Waals surface area contributed by atoms with E-state index in [1.807, 2.05) is 16.8 Å². The van der Waals surface area contributed by atoms with Gasteiger partial charge in [0.25, 0.3) is 0 Å². The van der Waals surface area contributed by atoms with Crippen LogP contribution in [0.4, 0.5) is 10.1 Å². The van der Waals surface area contributed by atoms with Gasteiger partial charge in [0.15, 0.2) is 5.82 Å². The second kappa shape index (κ2) is 8.96. The molecule has 1 aromatic carbocycles. The molecular weight excluding hydrogens is 359 g/mol. The molecule has 2 saturated heterocycles. The van der Waals surface area contributed by atoms with Gasteiger partial charge >= 0.3 is 0 Å². The Morgan fingerprint density at radius 2 is 2.04 bits per heavy atom. The van der Waals surface area contributed by atoms with E-state index in [-0.39, 0.29) is 18.0 Å². The summed E-state index contributed by atoms with van der Waals surface area (Å²) in [4.78, 5) is 4.57. The molecule has 2 aliphatic rings. The molecule has 0 amide bonds. The summed E-state index contributed by atoms with van der Waals surface area (Å²) < 4.78 is 21.8. The van der Waals surface area contributed by atoms with Gasteiger partial charge in [-0.1, -0.05) is 25.5 Å². The van der Waals surface area contributed by atoms with E-state index in [2.05, 4.69) is 32.2 Å². The Kier molecular flexibility index (Phi) is 6.17. The van der Waals surface area contributed by atoms with E-state index in [9.17, 15) is 4.39 Å². The Morgan fingerprint density at radius 3 is 2.75 bits per heavy atom. The van der Waals surface area contributed by atoms with Crippen LogP contribution in [0.3, 0.4) is 0 Å². The second-order valence-electron chi connectivity index (χ2n) is 7.63. The van der Waals surface area contributed by atoms with Crippen molar-refractivity contribution in [3.8, 4) is 0 Å². The molecule has 2 fully saturated rings. The number of aromatic nitrogens is 4. The zero-order valence-electron chi connectivity index (χ0n) is 16.5. The van der Waals surface area contributed by atoms with Crippen LogP contribution in [0.2, 0.25) is 0 Å². The van der Waals surface area contributed by atoms with Crippen molar-refractivity contribution in [3.05, 3.63) is 35.9 Å². The standard InChI is InChI=1S/C20H29FN6O/c1-2-6-19(20-22-23-24-27(20)15-16-7-5-14-28-16)26-12-10-25(11-13-26)18-9-4-3-8-17(18)21/h3-4,8-9,16,19H,2,5-7,10-15H2,1H3/t16-,19-/m0/s1. The zero-order valence-corrected chi connectivity index (χ0v) is 16.5. The molecule has 2 aliphatic heterocycles. The Morgan fingerprint density at radius 1 is 1.21 bits per heavy atom. The number of piperazine rings is 1. The largest absolute Gasteiger partial charge is 0.376 e. The highest BCUT2D eigenvalue weighted by atomic mass is 19.1. The molecule has 0 unspecified atom stereocenters. The van der Waals surface area contributed by atoms with E-state index in [1.54, 1.807) is 6.07 Å². The van der Waals surface area contributed by atoms with Crippen molar-refractivity contribution in [1.29, 1.82) is 0 Å². The molecule has 3 heterocycles. The molecule has 28 heavy (non-hydrogen) atoms. The Hall–Kier alpha value is -2.06. The van der Waals surface area contributed by atoms with Crippen LogP contribution in [-0.2, 0) is 11.3 Å². The SMILES string of the molecule is CCC[C@@H](c1nnnn1C[C@@H]1CCCO1)N1CCN(c2ccccc2F)CC1. The molecule has 0 saturated carbocycles. The predicted molar refractivity (Wildman–Crippen MR) is 105 cm³/mol. The van der Waals surface area contributed by atoms with Gasteiger partial charge in [-0.05, 0) is 41.8 Å². The minimum Gasteiger partial charge on any atom is -0.376 e. The molecule has 7 nitrogen and oxygen atoms in total. The van der Waals surface area contributed by atoms with Crippen molar-refractivity contribution in [1.82, 2.24) is 25.1 Å². The van der Waals surface area contributed by atoms with Crippen molar-refractivity contribution in [2.75, 3.05) is 37.7 Å². The number of halogens is 1. The maximum absolute atomic E-state index is 14.1. The molecule has 0 radical (unpaired) electrons. The summed E-state index contributed by atoms with van der Waals surface area (Å²) in [6.07, 6.45) is 4.45. The summed E-state index contributed by atoms with van der Waals surface area (Å²) >= 11 is 0. The highest BCUT2D eigenvalue weighted by Gasteiger charge is 2.30. The number of benzene rings is 1. The predicted octanol–water partition coefficient (Wildman–Crippen LogP) is 2.65. The number of rotatable bonds is 7. The fourth-order valence-corrected chi connectivity index (χ4v) is 4.29. The summed E-state index contributed by atoms with van der Waals surface area (Å²) in [7, 11) is 0. The quantitative estimate of drug-likeness (QED) is 0.727. The van der Waals surface area contributed by atoms with E-state index in [4.69, 9.17) is 4.74 Å². The average molecular weight is 388 g/mol. The molecule has 0 aliphatic carbocycles. The second-order valence-corrected chi connectivity index (χ2v) is 7.63. The average Bonchev–Trinajstić information content (AvgIpc) is 3.39.